The number of allylic oxidation sites excluding steroid dienone is 2. The van der Waals surface area contributed by atoms with Crippen LogP contribution in [-0.2, 0) is 4.79 Å². The Kier molecular flexibility index (Phi) is 3.94. The molecule has 1 aromatic rings. The zero-order valence-electron chi connectivity index (χ0n) is 9.74. The summed E-state index contributed by atoms with van der Waals surface area (Å²) in [7, 11) is 0. The number of carbonyl (C=O) groups excluding carboxylic acids is 1. The van der Waals surface area contributed by atoms with E-state index in [1.54, 1.807) is 6.20 Å². The monoisotopic (exact) mass is 294 g/mol. The summed E-state index contributed by atoms with van der Waals surface area (Å²) in [5.41, 5.74) is 1.78. The van der Waals surface area contributed by atoms with Gasteiger partial charge in [0.25, 0.3) is 0 Å². The molecule has 1 aromatic heterocycles. The van der Waals surface area contributed by atoms with Crippen molar-refractivity contribution in [1.82, 2.24) is 4.98 Å². The Morgan fingerprint density at radius 2 is 2.47 bits per heavy atom. The van der Waals surface area contributed by atoms with E-state index in [2.05, 4.69) is 38.4 Å². The first-order valence-corrected chi connectivity index (χ1v) is 6.53. The number of anilines is 1. The predicted molar refractivity (Wildman–Crippen MR) is 71.8 cm³/mol. The first-order chi connectivity index (χ1) is 8.15. The normalized spacial score (nSPS) is 18.4. The lowest BCUT2D eigenvalue weighted by Crippen LogP contribution is -2.15. The molecule has 1 N–H and O–H groups in total. The molecule has 17 heavy (non-hydrogen) atoms. The molecule has 1 aliphatic rings. The second-order valence-corrected chi connectivity index (χ2v) is 5.10. The quantitative estimate of drug-likeness (QED) is 0.685. The molecule has 0 saturated carbocycles. The van der Waals surface area contributed by atoms with Gasteiger partial charge in [-0.15, -0.1) is 0 Å². The molecule has 0 aromatic carbocycles. The van der Waals surface area contributed by atoms with Crippen molar-refractivity contribution in [2.24, 2.45) is 5.92 Å². The number of nitrogens with zero attached hydrogens (tertiary/aromatic N) is 1. The summed E-state index contributed by atoms with van der Waals surface area (Å²) in [6.07, 6.45) is 8.68. The van der Waals surface area contributed by atoms with Gasteiger partial charge in [0.05, 0.1) is 11.9 Å². The molecule has 1 atom stereocenters. The fraction of sp³-hybridized carbons (Fsp3) is 0.385. The molecule has 2 rings (SSSR count). The van der Waals surface area contributed by atoms with E-state index in [9.17, 15) is 4.79 Å². The van der Waals surface area contributed by atoms with E-state index < -0.39 is 0 Å². The van der Waals surface area contributed by atoms with E-state index in [0.717, 1.165) is 28.7 Å². The van der Waals surface area contributed by atoms with Gasteiger partial charge in [-0.3, -0.25) is 4.79 Å². The largest absolute Gasteiger partial charge is 0.325 e. The molecule has 1 aliphatic carbocycles. The minimum absolute atomic E-state index is 0.0603. The highest BCUT2D eigenvalue weighted by atomic mass is 79.9. The lowest BCUT2D eigenvalue weighted by molar-refractivity contribution is -0.116. The van der Waals surface area contributed by atoms with Crippen LogP contribution in [0.15, 0.2) is 29.0 Å². The number of nitrogens with one attached hydrogen (secondary N) is 1. The van der Waals surface area contributed by atoms with Gasteiger partial charge < -0.3 is 5.32 Å². The summed E-state index contributed by atoms with van der Waals surface area (Å²) >= 11 is 3.33. The zero-order valence-corrected chi connectivity index (χ0v) is 11.3. The number of halogens is 1. The Morgan fingerprint density at radius 1 is 1.65 bits per heavy atom. The third-order valence-corrected chi connectivity index (χ3v) is 3.69. The maximum Gasteiger partial charge on any atom is 0.225 e. The summed E-state index contributed by atoms with van der Waals surface area (Å²) in [4.78, 5) is 15.9. The standard InChI is InChI=1S/C13H15BrN2O/c1-9-6-11(8-15-13(9)14)16-12(17)7-10-4-2-3-5-10/h2,4,6,8,10H,3,5,7H2,1H3,(H,16,17). The number of hydrogen-bond donors (Lipinski definition) is 1. The van der Waals surface area contributed by atoms with Gasteiger partial charge in [-0.2, -0.15) is 0 Å². The molecule has 1 heterocycles. The van der Waals surface area contributed by atoms with Gasteiger partial charge >= 0.3 is 0 Å². The van der Waals surface area contributed by atoms with Crippen LogP contribution in [0, 0.1) is 12.8 Å². The van der Waals surface area contributed by atoms with Crippen molar-refractivity contribution in [1.29, 1.82) is 0 Å². The lowest BCUT2D eigenvalue weighted by Gasteiger charge is -2.09. The molecule has 0 fully saturated rings. The molecule has 0 spiro atoms. The summed E-state index contributed by atoms with van der Waals surface area (Å²) in [5, 5.41) is 2.88. The molecular formula is C13H15BrN2O. The van der Waals surface area contributed by atoms with Crippen LogP contribution >= 0.6 is 15.9 Å². The Labute approximate surface area is 109 Å². The van der Waals surface area contributed by atoms with Gasteiger partial charge in [-0.1, -0.05) is 12.2 Å². The van der Waals surface area contributed by atoms with Crippen LogP contribution < -0.4 is 5.32 Å². The van der Waals surface area contributed by atoms with Gasteiger partial charge in [0.15, 0.2) is 0 Å². The fourth-order valence-electron chi connectivity index (χ4n) is 1.94. The Balaban J connectivity index is 1.93. The van der Waals surface area contributed by atoms with E-state index >= 15 is 0 Å². The van der Waals surface area contributed by atoms with Gasteiger partial charge in [-0.25, -0.2) is 4.98 Å². The minimum Gasteiger partial charge on any atom is -0.325 e. The fourth-order valence-corrected chi connectivity index (χ4v) is 2.16. The van der Waals surface area contributed by atoms with Crippen LogP contribution in [0.5, 0.6) is 0 Å². The SMILES string of the molecule is Cc1cc(NC(=O)CC2C=CCC2)cnc1Br. The Bertz CT molecular complexity index is 457. The molecule has 0 saturated heterocycles. The van der Waals surface area contributed by atoms with Crippen LogP contribution in [0.25, 0.3) is 0 Å². The average Bonchev–Trinajstić information content (AvgIpc) is 2.76. The third-order valence-electron chi connectivity index (χ3n) is 2.86. The number of amides is 1. The van der Waals surface area contributed by atoms with Crippen molar-refractivity contribution in [2.45, 2.75) is 26.2 Å². The van der Waals surface area contributed by atoms with Crippen LogP contribution in [0.1, 0.15) is 24.8 Å². The predicted octanol–water partition coefficient (Wildman–Crippen LogP) is 3.45. The average molecular weight is 295 g/mol. The third kappa shape index (κ3) is 3.40. The van der Waals surface area contributed by atoms with Crippen molar-refractivity contribution >= 4 is 27.5 Å². The molecule has 1 unspecified atom stereocenters. The number of pyridine rings is 1. The number of rotatable bonds is 3. The van der Waals surface area contributed by atoms with Crippen molar-refractivity contribution in [2.75, 3.05) is 5.32 Å². The Morgan fingerprint density at radius 3 is 3.12 bits per heavy atom. The highest BCUT2D eigenvalue weighted by Crippen LogP contribution is 2.21. The van der Waals surface area contributed by atoms with Crippen LogP contribution in [0.3, 0.4) is 0 Å². The molecule has 3 nitrogen and oxygen atoms in total. The van der Waals surface area contributed by atoms with E-state index in [4.69, 9.17) is 0 Å². The van der Waals surface area contributed by atoms with Gasteiger partial charge in [-0.05, 0) is 53.2 Å². The van der Waals surface area contributed by atoms with E-state index in [1.165, 1.54) is 0 Å². The molecule has 90 valence electrons. The minimum atomic E-state index is 0.0603. The molecular weight excluding hydrogens is 280 g/mol. The number of aromatic nitrogens is 1. The molecule has 0 radical (unpaired) electrons. The topological polar surface area (TPSA) is 42.0 Å². The maximum absolute atomic E-state index is 11.8. The molecule has 0 aliphatic heterocycles. The number of carbonyl (C=O) groups is 1. The first kappa shape index (κ1) is 12.3. The molecule has 4 heteroatoms. The highest BCUT2D eigenvalue weighted by Gasteiger charge is 2.14. The second-order valence-electron chi connectivity index (χ2n) is 4.35. The van der Waals surface area contributed by atoms with Crippen molar-refractivity contribution in [3.05, 3.63) is 34.6 Å². The summed E-state index contributed by atoms with van der Waals surface area (Å²) < 4.78 is 0.814. The second kappa shape index (κ2) is 5.45. The molecule has 1 amide bonds. The van der Waals surface area contributed by atoms with Crippen molar-refractivity contribution in [3.8, 4) is 0 Å². The summed E-state index contributed by atoms with van der Waals surface area (Å²) in [6.45, 7) is 1.95. The van der Waals surface area contributed by atoms with Crippen molar-refractivity contribution < 1.29 is 4.79 Å². The van der Waals surface area contributed by atoms with Crippen LogP contribution in [0.4, 0.5) is 5.69 Å². The maximum atomic E-state index is 11.8. The first-order valence-electron chi connectivity index (χ1n) is 5.74. The van der Waals surface area contributed by atoms with E-state index in [0.29, 0.717) is 12.3 Å². The van der Waals surface area contributed by atoms with E-state index in [1.807, 2.05) is 13.0 Å². The Hall–Kier alpha value is -1.16. The zero-order chi connectivity index (χ0) is 12.3. The van der Waals surface area contributed by atoms with Crippen LogP contribution in [0.2, 0.25) is 0 Å². The van der Waals surface area contributed by atoms with Crippen LogP contribution in [-0.4, -0.2) is 10.9 Å². The summed E-state index contributed by atoms with van der Waals surface area (Å²) in [6, 6.07) is 1.92. The lowest BCUT2D eigenvalue weighted by atomic mass is 10.1. The van der Waals surface area contributed by atoms with Gasteiger partial charge in [0.2, 0.25) is 5.91 Å². The molecule has 0 bridgehead atoms. The summed E-state index contributed by atoms with van der Waals surface area (Å²) in [5.74, 6) is 0.463. The van der Waals surface area contributed by atoms with Gasteiger partial charge in [0.1, 0.15) is 4.60 Å². The van der Waals surface area contributed by atoms with Crippen molar-refractivity contribution in [3.63, 3.8) is 0 Å². The number of aryl methyl sites for hydroxylation is 1. The number of hydrogen-bond acceptors (Lipinski definition) is 2. The highest BCUT2D eigenvalue weighted by molar-refractivity contribution is 9.10. The van der Waals surface area contributed by atoms with Gasteiger partial charge in [0, 0.05) is 6.42 Å². The smallest absolute Gasteiger partial charge is 0.225 e. The van der Waals surface area contributed by atoms with E-state index in [-0.39, 0.29) is 5.91 Å².